The van der Waals surface area contributed by atoms with Crippen LogP contribution in [-0.2, 0) is 9.47 Å². The van der Waals surface area contributed by atoms with Gasteiger partial charge in [0, 0.05) is 6.61 Å². The number of furan rings is 1. The van der Waals surface area contributed by atoms with E-state index in [4.69, 9.17) is 13.9 Å². The number of Topliss-reactive ketones (excluding diaryl/α,β-unsaturated/α-hetero) is 1. The zero-order chi connectivity index (χ0) is 12.3. The monoisotopic (exact) mass is 238 g/mol. The molecule has 0 N–H and O–H groups in total. The van der Waals surface area contributed by atoms with Crippen molar-refractivity contribution in [2.45, 2.75) is 45.0 Å². The van der Waals surface area contributed by atoms with E-state index in [-0.39, 0.29) is 12.1 Å². The van der Waals surface area contributed by atoms with E-state index in [9.17, 15) is 4.79 Å². The van der Waals surface area contributed by atoms with Crippen LogP contribution in [-0.4, -0.2) is 24.3 Å². The molecular weight excluding hydrogens is 220 g/mol. The minimum Gasteiger partial charge on any atom is -0.461 e. The Labute approximate surface area is 101 Å². The molecule has 1 aliphatic rings. The van der Waals surface area contributed by atoms with Crippen molar-refractivity contribution in [3.05, 3.63) is 24.2 Å². The Kier molecular flexibility index (Phi) is 3.64. The topological polar surface area (TPSA) is 48.7 Å². The lowest BCUT2D eigenvalue weighted by Crippen LogP contribution is -2.40. The van der Waals surface area contributed by atoms with Crippen LogP contribution in [0.1, 0.15) is 43.7 Å². The normalized spacial score (nSPS) is 21.4. The highest BCUT2D eigenvalue weighted by Crippen LogP contribution is 2.24. The van der Waals surface area contributed by atoms with Gasteiger partial charge >= 0.3 is 0 Å². The Bertz CT molecular complexity index is 361. The van der Waals surface area contributed by atoms with E-state index in [2.05, 4.69) is 0 Å². The van der Waals surface area contributed by atoms with Crippen LogP contribution in [0.25, 0.3) is 0 Å². The lowest BCUT2D eigenvalue weighted by Gasteiger charge is -2.31. The second kappa shape index (κ2) is 5.02. The van der Waals surface area contributed by atoms with E-state index in [1.807, 2.05) is 0 Å². The van der Waals surface area contributed by atoms with Crippen LogP contribution < -0.4 is 0 Å². The summed E-state index contributed by atoms with van der Waals surface area (Å²) in [6.45, 7) is 4.20. The van der Waals surface area contributed by atoms with Crippen molar-refractivity contribution in [1.82, 2.24) is 0 Å². The first-order valence-corrected chi connectivity index (χ1v) is 5.97. The van der Waals surface area contributed by atoms with Crippen LogP contribution >= 0.6 is 0 Å². The van der Waals surface area contributed by atoms with Gasteiger partial charge in [0.2, 0.25) is 5.78 Å². The molecule has 0 bridgehead atoms. The molecule has 4 nitrogen and oxygen atoms in total. The summed E-state index contributed by atoms with van der Waals surface area (Å²) >= 11 is 0. The molecule has 94 valence electrons. The molecule has 17 heavy (non-hydrogen) atoms. The van der Waals surface area contributed by atoms with Gasteiger partial charge in [-0.1, -0.05) is 0 Å². The third-order valence-corrected chi connectivity index (χ3v) is 2.86. The summed E-state index contributed by atoms with van der Waals surface area (Å²) in [7, 11) is 0. The predicted molar refractivity (Wildman–Crippen MR) is 61.8 cm³/mol. The Hall–Kier alpha value is -1.13. The molecule has 1 aromatic heterocycles. The van der Waals surface area contributed by atoms with Gasteiger partial charge in [0.15, 0.2) is 12.1 Å². The van der Waals surface area contributed by atoms with E-state index in [1.54, 1.807) is 26.0 Å². The van der Waals surface area contributed by atoms with Gasteiger partial charge in [-0.3, -0.25) is 4.79 Å². The highest BCUT2D eigenvalue weighted by molar-refractivity contribution is 5.99. The summed E-state index contributed by atoms with van der Waals surface area (Å²) in [5, 5.41) is 0. The van der Waals surface area contributed by atoms with Crippen LogP contribution in [0.3, 0.4) is 0 Å². The average molecular weight is 238 g/mol. The Morgan fingerprint density at radius 3 is 2.88 bits per heavy atom. The van der Waals surface area contributed by atoms with Gasteiger partial charge in [-0.2, -0.15) is 0 Å². The maximum Gasteiger partial charge on any atom is 0.229 e. The Morgan fingerprint density at radius 1 is 1.47 bits per heavy atom. The number of carbonyl (C=O) groups is 1. The molecule has 1 atom stereocenters. The molecule has 0 aliphatic carbocycles. The number of ether oxygens (including phenoxy) is 2. The standard InChI is InChI=1S/C13H18O4/c1-13(2,12(14)10-6-5-9-15-10)17-11-7-3-4-8-16-11/h5-6,9,11H,3-4,7-8H2,1-2H3. The zero-order valence-electron chi connectivity index (χ0n) is 10.3. The van der Waals surface area contributed by atoms with Gasteiger partial charge in [0.05, 0.1) is 6.26 Å². The van der Waals surface area contributed by atoms with E-state index in [0.717, 1.165) is 19.3 Å². The zero-order valence-corrected chi connectivity index (χ0v) is 10.3. The first kappa shape index (κ1) is 12.3. The van der Waals surface area contributed by atoms with Crippen LogP contribution in [0.2, 0.25) is 0 Å². The van der Waals surface area contributed by atoms with Crippen molar-refractivity contribution >= 4 is 5.78 Å². The molecular formula is C13H18O4. The first-order chi connectivity index (χ1) is 8.09. The van der Waals surface area contributed by atoms with Gasteiger partial charge in [-0.25, -0.2) is 0 Å². The highest BCUT2D eigenvalue weighted by Gasteiger charge is 2.35. The number of hydrogen-bond acceptors (Lipinski definition) is 4. The van der Waals surface area contributed by atoms with E-state index in [1.165, 1.54) is 6.26 Å². The predicted octanol–water partition coefficient (Wildman–Crippen LogP) is 2.78. The fourth-order valence-electron chi connectivity index (χ4n) is 1.89. The number of hydrogen-bond donors (Lipinski definition) is 0. The van der Waals surface area contributed by atoms with Crippen LogP contribution in [0.4, 0.5) is 0 Å². The van der Waals surface area contributed by atoms with Crippen molar-refractivity contribution in [3.8, 4) is 0 Å². The first-order valence-electron chi connectivity index (χ1n) is 5.97. The minimum atomic E-state index is -0.917. The molecule has 4 heteroatoms. The SMILES string of the molecule is CC(C)(OC1CCCCO1)C(=O)c1ccco1. The van der Waals surface area contributed by atoms with Crippen molar-refractivity contribution < 1.29 is 18.7 Å². The summed E-state index contributed by atoms with van der Waals surface area (Å²) in [6, 6.07) is 3.34. The Balaban J connectivity index is 2.00. The quantitative estimate of drug-likeness (QED) is 0.757. The molecule has 0 spiro atoms. The van der Waals surface area contributed by atoms with Crippen molar-refractivity contribution in [2.24, 2.45) is 0 Å². The second-order valence-electron chi connectivity index (χ2n) is 4.73. The van der Waals surface area contributed by atoms with Crippen molar-refractivity contribution in [1.29, 1.82) is 0 Å². The van der Waals surface area contributed by atoms with Crippen molar-refractivity contribution in [2.75, 3.05) is 6.61 Å². The van der Waals surface area contributed by atoms with E-state index in [0.29, 0.717) is 12.4 Å². The van der Waals surface area contributed by atoms with E-state index >= 15 is 0 Å². The third-order valence-electron chi connectivity index (χ3n) is 2.86. The summed E-state index contributed by atoms with van der Waals surface area (Å²) < 4.78 is 16.3. The molecule has 1 fully saturated rings. The fourth-order valence-corrected chi connectivity index (χ4v) is 1.89. The number of carbonyl (C=O) groups excluding carboxylic acids is 1. The van der Waals surface area contributed by atoms with Gasteiger partial charge in [-0.05, 0) is 45.2 Å². The lowest BCUT2D eigenvalue weighted by atomic mass is 10.0. The fraction of sp³-hybridized carbons (Fsp3) is 0.615. The molecule has 0 radical (unpaired) electrons. The summed E-state index contributed by atoms with van der Waals surface area (Å²) in [5.74, 6) is 0.169. The molecule has 1 saturated heterocycles. The van der Waals surface area contributed by atoms with Crippen LogP contribution in [0.5, 0.6) is 0 Å². The number of ketones is 1. The van der Waals surface area contributed by atoms with Gasteiger partial charge in [-0.15, -0.1) is 0 Å². The van der Waals surface area contributed by atoms with E-state index < -0.39 is 5.60 Å². The van der Waals surface area contributed by atoms with Crippen LogP contribution in [0, 0.1) is 0 Å². The summed E-state index contributed by atoms with van der Waals surface area (Å²) in [5.41, 5.74) is -0.917. The van der Waals surface area contributed by atoms with Crippen molar-refractivity contribution in [3.63, 3.8) is 0 Å². The molecule has 1 aromatic rings. The molecule has 0 aromatic carbocycles. The molecule has 0 amide bonds. The van der Waals surface area contributed by atoms with Gasteiger partial charge < -0.3 is 13.9 Å². The summed E-state index contributed by atoms with van der Waals surface area (Å²) in [6.07, 6.45) is 4.19. The second-order valence-corrected chi connectivity index (χ2v) is 4.73. The lowest BCUT2D eigenvalue weighted by molar-refractivity contribution is -0.201. The molecule has 1 unspecified atom stereocenters. The maximum absolute atomic E-state index is 12.1. The smallest absolute Gasteiger partial charge is 0.229 e. The highest BCUT2D eigenvalue weighted by atomic mass is 16.7. The molecule has 2 heterocycles. The van der Waals surface area contributed by atoms with Crippen LogP contribution in [0.15, 0.2) is 22.8 Å². The molecule has 2 rings (SSSR count). The molecule has 0 saturated carbocycles. The molecule has 1 aliphatic heterocycles. The third kappa shape index (κ3) is 2.96. The van der Waals surface area contributed by atoms with Gasteiger partial charge in [0.25, 0.3) is 0 Å². The average Bonchev–Trinajstić information content (AvgIpc) is 2.82. The van der Waals surface area contributed by atoms with Gasteiger partial charge in [0.1, 0.15) is 5.60 Å². The minimum absolute atomic E-state index is 0.156. The Morgan fingerprint density at radius 2 is 2.29 bits per heavy atom. The maximum atomic E-state index is 12.1. The summed E-state index contributed by atoms with van der Waals surface area (Å²) in [4.78, 5) is 12.1. The number of rotatable bonds is 4. The largest absolute Gasteiger partial charge is 0.461 e.